The van der Waals surface area contributed by atoms with Crippen molar-refractivity contribution in [3.05, 3.63) is 0 Å². The van der Waals surface area contributed by atoms with Crippen molar-refractivity contribution in [2.24, 2.45) is 11.7 Å². The van der Waals surface area contributed by atoms with Gasteiger partial charge in [0, 0.05) is 12.3 Å². The van der Waals surface area contributed by atoms with Crippen LogP contribution in [0.25, 0.3) is 0 Å². The van der Waals surface area contributed by atoms with Gasteiger partial charge >= 0.3 is 0 Å². The Morgan fingerprint density at radius 3 is 2.69 bits per heavy atom. The molecule has 0 aromatic carbocycles. The second-order valence-corrected chi connectivity index (χ2v) is 4.78. The van der Waals surface area contributed by atoms with Crippen LogP contribution in [-0.4, -0.2) is 31.3 Å². The van der Waals surface area contributed by atoms with Crippen LogP contribution in [0.5, 0.6) is 0 Å². The van der Waals surface area contributed by atoms with E-state index in [2.05, 4.69) is 0 Å². The SMILES string of the molecule is NCCOCCSCC1CCCC1. The molecule has 0 aliphatic heterocycles. The highest BCUT2D eigenvalue weighted by molar-refractivity contribution is 7.99. The van der Waals surface area contributed by atoms with Crippen molar-refractivity contribution >= 4 is 11.8 Å². The maximum atomic E-state index is 5.31. The van der Waals surface area contributed by atoms with E-state index in [9.17, 15) is 0 Å². The van der Waals surface area contributed by atoms with Crippen molar-refractivity contribution in [2.75, 3.05) is 31.3 Å². The Labute approximate surface area is 85.6 Å². The lowest BCUT2D eigenvalue weighted by Gasteiger charge is -2.07. The largest absolute Gasteiger partial charge is 0.379 e. The van der Waals surface area contributed by atoms with Crippen LogP contribution in [-0.2, 0) is 4.74 Å². The van der Waals surface area contributed by atoms with Crippen LogP contribution in [0, 0.1) is 5.92 Å². The lowest BCUT2D eigenvalue weighted by Crippen LogP contribution is -2.10. The van der Waals surface area contributed by atoms with Crippen molar-refractivity contribution in [1.82, 2.24) is 0 Å². The summed E-state index contributed by atoms with van der Waals surface area (Å²) in [6.45, 7) is 2.23. The summed E-state index contributed by atoms with van der Waals surface area (Å²) in [5, 5.41) is 0. The van der Waals surface area contributed by atoms with Crippen LogP contribution < -0.4 is 5.73 Å². The topological polar surface area (TPSA) is 35.2 Å². The smallest absolute Gasteiger partial charge is 0.0589 e. The predicted octanol–water partition coefficient (Wildman–Crippen LogP) is 1.89. The molecule has 78 valence electrons. The zero-order valence-corrected chi connectivity index (χ0v) is 9.15. The van der Waals surface area contributed by atoms with Gasteiger partial charge < -0.3 is 10.5 Å². The molecule has 2 nitrogen and oxygen atoms in total. The summed E-state index contributed by atoms with van der Waals surface area (Å²) in [4.78, 5) is 0. The maximum absolute atomic E-state index is 5.31. The molecule has 1 fully saturated rings. The van der Waals surface area contributed by atoms with Gasteiger partial charge in [0.25, 0.3) is 0 Å². The molecule has 3 heteroatoms. The van der Waals surface area contributed by atoms with E-state index in [0.717, 1.165) is 18.3 Å². The van der Waals surface area contributed by atoms with Gasteiger partial charge in [0.1, 0.15) is 0 Å². The lowest BCUT2D eigenvalue weighted by molar-refractivity contribution is 0.158. The number of thioether (sulfide) groups is 1. The highest BCUT2D eigenvalue weighted by atomic mass is 32.2. The van der Waals surface area contributed by atoms with E-state index < -0.39 is 0 Å². The van der Waals surface area contributed by atoms with Crippen molar-refractivity contribution in [2.45, 2.75) is 25.7 Å². The number of hydrogen-bond acceptors (Lipinski definition) is 3. The first kappa shape index (κ1) is 11.3. The lowest BCUT2D eigenvalue weighted by atomic mass is 10.1. The van der Waals surface area contributed by atoms with Gasteiger partial charge in [0.05, 0.1) is 13.2 Å². The monoisotopic (exact) mass is 203 g/mol. The van der Waals surface area contributed by atoms with Gasteiger partial charge in [-0.3, -0.25) is 0 Å². The van der Waals surface area contributed by atoms with Gasteiger partial charge in [-0.1, -0.05) is 12.8 Å². The summed E-state index contributed by atoms with van der Waals surface area (Å²) >= 11 is 2.04. The van der Waals surface area contributed by atoms with E-state index in [1.165, 1.54) is 31.4 Å². The molecular weight excluding hydrogens is 182 g/mol. The normalized spacial score (nSPS) is 18.2. The minimum Gasteiger partial charge on any atom is -0.379 e. The van der Waals surface area contributed by atoms with Crippen LogP contribution in [0.3, 0.4) is 0 Å². The fraction of sp³-hybridized carbons (Fsp3) is 1.00. The van der Waals surface area contributed by atoms with E-state index in [1.807, 2.05) is 11.8 Å². The summed E-state index contributed by atoms with van der Waals surface area (Å²) < 4.78 is 5.30. The fourth-order valence-electron chi connectivity index (χ4n) is 1.73. The molecule has 0 bridgehead atoms. The third kappa shape index (κ3) is 5.55. The third-order valence-corrected chi connectivity index (χ3v) is 3.62. The van der Waals surface area contributed by atoms with Gasteiger partial charge in [-0.05, 0) is 24.5 Å². The first-order valence-corrected chi connectivity index (χ1v) is 6.44. The molecule has 0 saturated heterocycles. The van der Waals surface area contributed by atoms with E-state index in [4.69, 9.17) is 10.5 Å². The number of nitrogens with two attached hydrogens (primary N) is 1. The van der Waals surface area contributed by atoms with E-state index in [1.54, 1.807) is 0 Å². The average Bonchev–Trinajstić information content (AvgIpc) is 2.63. The second kappa shape index (κ2) is 7.65. The van der Waals surface area contributed by atoms with E-state index >= 15 is 0 Å². The summed E-state index contributed by atoms with van der Waals surface area (Å²) in [6, 6.07) is 0. The molecule has 1 saturated carbocycles. The Morgan fingerprint density at radius 1 is 1.23 bits per heavy atom. The Bertz CT molecular complexity index is 115. The molecule has 0 unspecified atom stereocenters. The molecule has 2 N–H and O–H groups in total. The Kier molecular flexibility index (Phi) is 6.68. The number of hydrogen-bond donors (Lipinski definition) is 1. The molecule has 0 radical (unpaired) electrons. The number of rotatable bonds is 7. The van der Waals surface area contributed by atoms with Gasteiger partial charge in [-0.25, -0.2) is 0 Å². The van der Waals surface area contributed by atoms with E-state index in [-0.39, 0.29) is 0 Å². The quantitative estimate of drug-likeness (QED) is 0.642. The molecule has 0 spiro atoms. The van der Waals surface area contributed by atoms with Crippen molar-refractivity contribution in [3.63, 3.8) is 0 Å². The van der Waals surface area contributed by atoms with Crippen LogP contribution in [0.2, 0.25) is 0 Å². The molecular formula is C10H21NOS. The van der Waals surface area contributed by atoms with Gasteiger partial charge in [-0.2, -0.15) is 11.8 Å². The molecule has 0 aromatic heterocycles. The first-order chi connectivity index (χ1) is 6.43. The summed E-state index contributed by atoms with van der Waals surface area (Å²) in [7, 11) is 0. The molecule has 13 heavy (non-hydrogen) atoms. The zero-order chi connectivity index (χ0) is 9.36. The standard InChI is InChI=1S/C10H21NOS/c11-5-6-12-7-8-13-9-10-3-1-2-4-10/h10H,1-9,11H2. The van der Waals surface area contributed by atoms with Crippen molar-refractivity contribution in [1.29, 1.82) is 0 Å². The highest BCUT2D eigenvalue weighted by Gasteiger charge is 2.13. The Balaban J connectivity index is 1.78. The molecule has 1 rings (SSSR count). The average molecular weight is 203 g/mol. The van der Waals surface area contributed by atoms with Gasteiger partial charge in [0.2, 0.25) is 0 Å². The van der Waals surface area contributed by atoms with Gasteiger partial charge in [-0.15, -0.1) is 0 Å². The fourth-order valence-corrected chi connectivity index (χ4v) is 2.80. The van der Waals surface area contributed by atoms with Crippen LogP contribution in [0.1, 0.15) is 25.7 Å². The van der Waals surface area contributed by atoms with Crippen LogP contribution in [0.15, 0.2) is 0 Å². The second-order valence-electron chi connectivity index (χ2n) is 3.63. The molecule has 0 amide bonds. The molecule has 0 aromatic rings. The van der Waals surface area contributed by atoms with Gasteiger partial charge in [0.15, 0.2) is 0 Å². The van der Waals surface area contributed by atoms with E-state index in [0.29, 0.717) is 13.2 Å². The summed E-state index contributed by atoms with van der Waals surface area (Å²) in [5.41, 5.74) is 5.31. The molecule has 1 aliphatic carbocycles. The van der Waals surface area contributed by atoms with Crippen LogP contribution in [0.4, 0.5) is 0 Å². The Hall–Kier alpha value is 0.270. The molecule has 0 atom stereocenters. The van der Waals surface area contributed by atoms with Crippen molar-refractivity contribution < 1.29 is 4.74 Å². The zero-order valence-electron chi connectivity index (χ0n) is 8.34. The summed E-state index contributed by atoms with van der Waals surface area (Å²) in [5.74, 6) is 3.47. The highest BCUT2D eigenvalue weighted by Crippen LogP contribution is 2.27. The van der Waals surface area contributed by atoms with Crippen molar-refractivity contribution in [3.8, 4) is 0 Å². The molecule has 0 heterocycles. The third-order valence-electron chi connectivity index (χ3n) is 2.46. The van der Waals surface area contributed by atoms with Crippen LogP contribution >= 0.6 is 11.8 Å². The minimum absolute atomic E-state index is 0.646. The number of ether oxygens (including phenoxy) is 1. The maximum Gasteiger partial charge on any atom is 0.0589 e. The minimum atomic E-state index is 0.646. The predicted molar refractivity (Wildman–Crippen MR) is 59.2 cm³/mol. The first-order valence-electron chi connectivity index (χ1n) is 5.29. The summed E-state index contributed by atoms with van der Waals surface area (Å²) in [6.07, 6.45) is 5.82. The molecule has 1 aliphatic rings. The Morgan fingerprint density at radius 2 is 2.00 bits per heavy atom.